The summed E-state index contributed by atoms with van der Waals surface area (Å²) in [6.07, 6.45) is 1.18. The molecule has 1 amide bonds. The second-order valence-corrected chi connectivity index (χ2v) is 2.93. The summed E-state index contributed by atoms with van der Waals surface area (Å²) in [5, 5.41) is 2.76. The van der Waals surface area contributed by atoms with Crippen LogP contribution < -0.4 is 11.1 Å². The Kier molecular flexibility index (Phi) is 2.84. The molecule has 1 fully saturated rings. The zero-order valence-electron chi connectivity index (χ0n) is 6.84. The van der Waals surface area contributed by atoms with Crippen LogP contribution in [-0.4, -0.2) is 43.5 Å². The maximum Gasteiger partial charge on any atom is 0.233 e. The Hall–Kier alpha value is -0.610. The van der Waals surface area contributed by atoms with Crippen LogP contribution in [0.4, 0.5) is 0 Å². The molecular weight excluding hydrogens is 142 g/mol. The van der Waals surface area contributed by atoms with E-state index in [0.717, 1.165) is 13.1 Å². The van der Waals surface area contributed by atoms with Gasteiger partial charge >= 0.3 is 0 Å². The molecule has 0 aromatic carbocycles. The van der Waals surface area contributed by atoms with Crippen LogP contribution in [0.3, 0.4) is 0 Å². The number of hydrogen-bond acceptors (Lipinski definition) is 3. The van der Waals surface area contributed by atoms with Crippen LogP contribution in [0.5, 0.6) is 0 Å². The van der Waals surface area contributed by atoms with Gasteiger partial charge in [-0.1, -0.05) is 0 Å². The summed E-state index contributed by atoms with van der Waals surface area (Å²) in [5.41, 5.74) is 5.13. The molecule has 11 heavy (non-hydrogen) atoms. The molecule has 0 saturated carbocycles. The van der Waals surface area contributed by atoms with Crippen LogP contribution in [0, 0.1) is 0 Å². The number of nitrogens with zero attached hydrogens (tertiary/aromatic N) is 1. The molecule has 3 N–H and O–H groups in total. The zero-order chi connectivity index (χ0) is 8.27. The molecule has 0 radical (unpaired) electrons. The van der Waals surface area contributed by atoms with Gasteiger partial charge in [-0.05, 0) is 20.0 Å². The van der Waals surface area contributed by atoms with Crippen LogP contribution in [-0.2, 0) is 4.79 Å². The Morgan fingerprint density at radius 2 is 2.55 bits per heavy atom. The van der Waals surface area contributed by atoms with Gasteiger partial charge in [-0.25, -0.2) is 0 Å². The van der Waals surface area contributed by atoms with E-state index in [1.807, 2.05) is 0 Å². The van der Waals surface area contributed by atoms with Crippen molar-refractivity contribution in [3.05, 3.63) is 0 Å². The monoisotopic (exact) mass is 157 g/mol. The third-order valence-corrected chi connectivity index (χ3v) is 2.16. The largest absolute Gasteiger partial charge is 0.353 e. The van der Waals surface area contributed by atoms with Crippen LogP contribution in [0.2, 0.25) is 0 Å². The fourth-order valence-electron chi connectivity index (χ4n) is 1.13. The Balaban J connectivity index is 2.07. The molecule has 4 nitrogen and oxygen atoms in total. The van der Waals surface area contributed by atoms with E-state index < -0.39 is 0 Å². The Morgan fingerprint density at radius 3 is 2.91 bits per heavy atom. The topological polar surface area (TPSA) is 58.4 Å². The minimum atomic E-state index is -0.0645. The van der Waals surface area contributed by atoms with Gasteiger partial charge in [0.1, 0.15) is 0 Å². The first-order valence-electron chi connectivity index (χ1n) is 3.91. The lowest BCUT2D eigenvalue weighted by atomic mass is 10.1. The lowest BCUT2D eigenvalue weighted by molar-refractivity contribution is -0.120. The van der Waals surface area contributed by atoms with Gasteiger partial charge in [0.15, 0.2) is 0 Å². The smallest absolute Gasteiger partial charge is 0.233 e. The molecule has 1 atom stereocenters. The molecule has 0 aromatic rings. The molecule has 0 spiro atoms. The molecule has 1 saturated heterocycles. The van der Waals surface area contributed by atoms with Gasteiger partial charge in [-0.3, -0.25) is 4.79 Å². The summed E-state index contributed by atoms with van der Waals surface area (Å²) in [4.78, 5) is 12.9. The number of likely N-dealkylation sites (tertiary alicyclic amines) is 1. The number of likely N-dealkylation sites (N-methyl/N-ethyl adjacent to an activating group) is 1. The van der Waals surface area contributed by atoms with Crippen molar-refractivity contribution in [2.24, 2.45) is 5.73 Å². The van der Waals surface area contributed by atoms with Gasteiger partial charge in [-0.15, -0.1) is 0 Å². The summed E-state index contributed by atoms with van der Waals surface area (Å²) in [5.74, 6) is -0.0645. The van der Waals surface area contributed by atoms with Gasteiger partial charge in [-0.2, -0.15) is 0 Å². The molecule has 1 rings (SSSR count). The predicted molar refractivity (Wildman–Crippen MR) is 43.1 cm³/mol. The van der Waals surface area contributed by atoms with Crippen LogP contribution in [0.15, 0.2) is 0 Å². The average Bonchev–Trinajstić information content (AvgIpc) is 2.01. The standard InChI is InChI=1S/C7H15N3O/c1-10-3-2-6(10)5-9-7(11)4-8/h6H,2-5,8H2,1H3,(H,9,11). The van der Waals surface area contributed by atoms with Gasteiger partial charge in [0, 0.05) is 12.6 Å². The van der Waals surface area contributed by atoms with Gasteiger partial charge < -0.3 is 16.0 Å². The molecule has 1 aliphatic rings. The zero-order valence-corrected chi connectivity index (χ0v) is 6.84. The summed E-state index contributed by atoms with van der Waals surface area (Å²) in [6.45, 7) is 1.98. The summed E-state index contributed by atoms with van der Waals surface area (Å²) >= 11 is 0. The molecule has 0 aliphatic carbocycles. The third-order valence-electron chi connectivity index (χ3n) is 2.16. The number of rotatable bonds is 3. The molecular formula is C7H15N3O. The van der Waals surface area contributed by atoms with Gasteiger partial charge in [0.25, 0.3) is 0 Å². The van der Waals surface area contributed by atoms with Crippen molar-refractivity contribution >= 4 is 5.91 Å². The summed E-state index contributed by atoms with van der Waals surface area (Å²) in [6, 6.07) is 0.533. The molecule has 4 heteroatoms. The Bertz CT molecular complexity index is 149. The SMILES string of the molecule is CN1CCC1CNC(=O)CN. The van der Waals surface area contributed by atoms with Crippen LogP contribution in [0.25, 0.3) is 0 Å². The van der Waals surface area contributed by atoms with E-state index >= 15 is 0 Å². The van der Waals surface area contributed by atoms with Crippen molar-refractivity contribution in [2.45, 2.75) is 12.5 Å². The van der Waals surface area contributed by atoms with E-state index in [4.69, 9.17) is 5.73 Å². The van der Waals surface area contributed by atoms with E-state index in [2.05, 4.69) is 17.3 Å². The highest BCUT2D eigenvalue weighted by atomic mass is 16.1. The highest BCUT2D eigenvalue weighted by Crippen LogP contribution is 2.12. The molecule has 64 valence electrons. The Morgan fingerprint density at radius 1 is 1.82 bits per heavy atom. The van der Waals surface area contributed by atoms with E-state index in [-0.39, 0.29) is 12.5 Å². The number of amides is 1. The summed E-state index contributed by atoms with van der Waals surface area (Å²) in [7, 11) is 2.06. The van der Waals surface area contributed by atoms with Crippen molar-refractivity contribution in [3.63, 3.8) is 0 Å². The maximum atomic E-state index is 10.7. The predicted octanol–water partition coefficient (Wildman–Crippen LogP) is -1.23. The van der Waals surface area contributed by atoms with Crippen molar-refractivity contribution in [2.75, 3.05) is 26.7 Å². The molecule has 0 bridgehead atoms. The van der Waals surface area contributed by atoms with Crippen molar-refractivity contribution < 1.29 is 4.79 Å². The quantitative estimate of drug-likeness (QED) is 0.539. The number of hydrogen-bond donors (Lipinski definition) is 2. The van der Waals surface area contributed by atoms with Crippen LogP contribution >= 0.6 is 0 Å². The highest BCUT2D eigenvalue weighted by molar-refractivity contribution is 5.77. The molecule has 1 heterocycles. The number of carbonyl (C=O) groups is 1. The first-order chi connectivity index (χ1) is 5.24. The molecule has 1 aliphatic heterocycles. The van der Waals surface area contributed by atoms with Crippen molar-refractivity contribution in [1.82, 2.24) is 10.2 Å². The number of carbonyl (C=O) groups excluding carboxylic acids is 1. The second kappa shape index (κ2) is 3.69. The fourth-order valence-corrected chi connectivity index (χ4v) is 1.13. The van der Waals surface area contributed by atoms with Gasteiger partial charge in [0.05, 0.1) is 6.54 Å². The van der Waals surface area contributed by atoms with E-state index in [1.54, 1.807) is 0 Å². The minimum absolute atomic E-state index is 0.0645. The fraction of sp³-hybridized carbons (Fsp3) is 0.857. The van der Waals surface area contributed by atoms with Crippen molar-refractivity contribution in [1.29, 1.82) is 0 Å². The maximum absolute atomic E-state index is 10.7. The average molecular weight is 157 g/mol. The second-order valence-electron chi connectivity index (χ2n) is 2.93. The van der Waals surface area contributed by atoms with Crippen LogP contribution in [0.1, 0.15) is 6.42 Å². The third kappa shape index (κ3) is 2.17. The first kappa shape index (κ1) is 8.49. The van der Waals surface area contributed by atoms with Crippen molar-refractivity contribution in [3.8, 4) is 0 Å². The normalized spacial score (nSPS) is 24.4. The molecule has 0 aromatic heterocycles. The van der Waals surface area contributed by atoms with E-state index in [0.29, 0.717) is 6.04 Å². The van der Waals surface area contributed by atoms with E-state index in [1.165, 1.54) is 6.42 Å². The highest BCUT2D eigenvalue weighted by Gasteiger charge is 2.23. The minimum Gasteiger partial charge on any atom is -0.353 e. The number of nitrogens with one attached hydrogen (secondary N) is 1. The first-order valence-corrected chi connectivity index (χ1v) is 3.91. The molecule has 1 unspecified atom stereocenters. The lowest BCUT2D eigenvalue weighted by Crippen LogP contribution is -2.51. The Labute approximate surface area is 66.7 Å². The van der Waals surface area contributed by atoms with E-state index in [9.17, 15) is 4.79 Å². The lowest BCUT2D eigenvalue weighted by Gasteiger charge is -2.37. The summed E-state index contributed by atoms with van der Waals surface area (Å²) < 4.78 is 0. The number of nitrogens with two attached hydrogens (primary N) is 1. The van der Waals surface area contributed by atoms with Gasteiger partial charge in [0.2, 0.25) is 5.91 Å².